The van der Waals surface area contributed by atoms with Crippen LogP contribution in [0.5, 0.6) is 5.75 Å². The van der Waals surface area contributed by atoms with E-state index >= 15 is 0 Å². The van der Waals surface area contributed by atoms with Crippen molar-refractivity contribution in [2.75, 3.05) is 0 Å². The minimum Gasteiger partial charge on any atom is -0.507 e. The summed E-state index contributed by atoms with van der Waals surface area (Å²) < 4.78 is 0. The van der Waals surface area contributed by atoms with Gasteiger partial charge < -0.3 is 5.11 Å². The predicted molar refractivity (Wildman–Crippen MR) is 131 cm³/mol. The maximum absolute atomic E-state index is 10.4. The molecule has 0 fully saturated rings. The number of rotatable bonds is 4. The van der Waals surface area contributed by atoms with Gasteiger partial charge in [-0.3, -0.25) is 0 Å². The van der Waals surface area contributed by atoms with Crippen molar-refractivity contribution >= 4 is 33.5 Å². The Hall–Kier alpha value is -3.76. The van der Waals surface area contributed by atoms with Gasteiger partial charge in [-0.05, 0) is 29.3 Å². The first kappa shape index (κ1) is 19.2. The number of aliphatic imine (C=N–C) groups is 1. The molecule has 150 valence electrons. The number of benzene rings is 4. The highest BCUT2D eigenvalue weighted by atomic mass is 32.1. The van der Waals surface area contributed by atoms with E-state index in [9.17, 15) is 5.11 Å². The minimum atomic E-state index is 0.209. The second kappa shape index (κ2) is 8.17. The van der Waals surface area contributed by atoms with Crippen molar-refractivity contribution in [2.24, 2.45) is 4.99 Å². The number of hydrogen-bond donors (Lipinski definition) is 1. The van der Waals surface area contributed by atoms with Crippen LogP contribution in [0.4, 0.5) is 5.13 Å². The molecule has 0 amide bonds. The van der Waals surface area contributed by atoms with Gasteiger partial charge in [-0.25, -0.2) is 9.98 Å². The molecule has 5 rings (SSSR count). The van der Waals surface area contributed by atoms with E-state index in [1.807, 2.05) is 48.5 Å². The van der Waals surface area contributed by atoms with Crippen molar-refractivity contribution < 1.29 is 5.11 Å². The van der Waals surface area contributed by atoms with Crippen LogP contribution in [-0.2, 0) is 0 Å². The van der Waals surface area contributed by atoms with Crippen LogP contribution < -0.4 is 0 Å². The fraction of sp³-hybridized carbons (Fsp3) is 0.0370. The molecule has 1 N–H and O–H groups in total. The fourth-order valence-electron chi connectivity index (χ4n) is 3.60. The molecule has 0 aliphatic rings. The normalized spacial score (nSPS) is 11.4. The smallest absolute Gasteiger partial charge is 0.210 e. The summed E-state index contributed by atoms with van der Waals surface area (Å²) in [6.45, 7) is 2.08. The molecular formula is C27H20N2OS. The van der Waals surface area contributed by atoms with Crippen LogP contribution in [0.1, 0.15) is 11.1 Å². The van der Waals surface area contributed by atoms with Crippen LogP contribution in [0.25, 0.3) is 32.5 Å². The molecule has 0 radical (unpaired) electrons. The molecule has 0 aliphatic heterocycles. The third-order valence-corrected chi connectivity index (χ3v) is 6.24. The minimum absolute atomic E-state index is 0.209. The molecule has 5 aromatic rings. The van der Waals surface area contributed by atoms with E-state index in [0.29, 0.717) is 10.7 Å². The number of nitrogens with zero attached hydrogens (tertiary/aromatic N) is 2. The highest BCUT2D eigenvalue weighted by molar-refractivity contribution is 7.19. The summed E-state index contributed by atoms with van der Waals surface area (Å²) in [7, 11) is 0. The van der Waals surface area contributed by atoms with Crippen LogP contribution >= 0.6 is 11.3 Å². The SMILES string of the molecule is Cc1ccc(-c2nc(/N=C/c3c(O)ccc4ccccc34)sc2-c2ccccc2)cc1. The van der Waals surface area contributed by atoms with Gasteiger partial charge in [-0.15, -0.1) is 0 Å². The molecule has 4 heteroatoms. The van der Waals surface area contributed by atoms with Crippen molar-refractivity contribution in [3.05, 3.63) is 102 Å². The Balaban J connectivity index is 1.61. The lowest BCUT2D eigenvalue weighted by Gasteiger charge is -2.04. The summed E-state index contributed by atoms with van der Waals surface area (Å²) in [5.74, 6) is 0.209. The Morgan fingerprint density at radius 1 is 0.806 bits per heavy atom. The molecule has 31 heavy (non-hydrogen) atoms. The van der Waals surface area contributed by atoms with Gasteiger partial charge in [0, 0.05) is 17.3 Å². The lowest BCUT2D eigenvalue weighted by atomic mass is 10.0. The Labute approximate surface area is 185 Å². The number of aromatic hydroxyl groups is 1. The molecule has 0 atom stereocenters. The highest BCUT2D eigenvalue weighted by Gasteiger charge is 2.15. The lowest BCUT2D eigenvalue weighted by molar-refractivity contribution is 0.475. The zero-order valence-electron chi connectivity index (χ0n) is 17.0. The molecule has 0 saturated carbocycles. The molecular weight excluding hydrogens is 400 g/mol. The van der Waals surface area contributed by atoms with Crippen LogP contribution in [0.3, 0.4) is 0 Å². The van der Waals surface area contributed by atoms with Crippen LogP contribution in [-0.4, -0.2) is 16.3 Å². The third kappa shape index (κ3) is 3.86. The van der Waals surface area contributed by atoms with E-state index < -0.39 is 0 Å². The van der Waals surface area contributed by atoms with E-state index in [1.165, 1.54) is 5.56 Å². The Kier molecular flexibility index (Phi) is 5.06. The monoisotopic (exact) mass is 420 g/mol. The van der Waals surface area contributed by atoms with E-state index in [2.05, 4.69) is 48.3 Å². The second-order valence-corrected chi connectivity index (χ2v) is 8.36. The molecule has 3 nitrogen and oxygen atoms in total. The summed E-state index contributed by atoms with van der Waals surface area (Å²) >= 11 is 1.55. The van der Waals surface area contributed by atoms with Crippen molar-refractivity contribution in [3.8, 4) is 27.4 Å². The fourth-order valence-corrected chi connectivity index (χ4v) is 4.53. The molecule has 0 unspecified atom stereocenters. The van der Waals surface area contributed by atoms with Gasteiger partial charge in [0.05, 0.1) is 10.6 Å². The lowest BCUT2D eigenvalue weighted by Crippen LogP contribution is -1.86. The van der Waals surface area contributed by atoms with E-state index in [0.717, 1.165) is 32.5 Å². The number of fused-ring (bicyclic) bond motifs is 1. The highest BCUT2D eigenvalue weighted by Crippen LogP contribution is 2.40. The number of aromatic nitrogens is 1. The van der Waals surface area contributed by atoms with Gasteiger partial charge in [-0.2, -0.15) is 0 Å². The molecule has 0 spiro atoms. The quantitative estimate of drug-likeness (QED) is 0.308. The van der Waals surface area contributed by atoms with Crippen molar-refractivity contribution in [1.29, 1.82) is 0 Å². The average molecular weight is 421 g/mol. The first-order valence-electron chi connectivity index (χ1n) is 10.1. The second-order valence-electron chi connectivity index (χ2n) is 7.38. The molecule has 0 aliphatic carbocycles. The zero-order valence-corrected chi connectivity index (χ0v) is 17.8. The summed E-state index contributed by atoms with van der Waals surface area (Å²) in [5.41, 5.74) is 5.02. The van der Waals surface area contributed by atoms with Crippen LogP contribution in [0.2, 0.25) is 0 Å². The van der Waals surface area contributed by atoms with Gasteiger partial charge in [0.15, 0.2) is 0 Å². The van der Waals surface area contributed by atoms with E-state index in [1.54, 1.807) is 23.6 Å². The van der Waals surface area contributed by atoms with Gasteiger partial charge >= 0.3 is 0 Å². The predicted octanol–water partition coefficient (Wildman–Crippen LogP) is 7.39. The number of thiazole rings is 1. The van der Waals surface area contributed by atoms with Crippen LogP contribution in [0, 0.1) is 6.92 Å². The molecule has 0 bridgehead atoms. The largest absolute Gasteiger partial charge is 0.507 e. The summed E-state index contributed by atoms with van der Waals surface area (Å²) in [4.78, 5) is 10.6. The van der Waals surface area contributed by atoms with Crippen molar-refractivity contribution in [1.82, 2.24) is 4.98 Å². The summed E-state index contributed by atoms with van der Waals surface area (Å²) in [6, 6.07) is 30.2. The average Bonchev–Trinajstić information content (AvgIpc) is 3.24. The number of phenols is 1. The number of aryl methyl sites for hydroxylation is 1. The first-order chi connectivity index (χ1) is 15.2. The van der Waals surface area contributed by atoms with E-state index in [4.69, 9.17) is 4.98 Å². The topological polar surface area (TPSA) is 45.5 Å². The van der Waals surface area contributed by atoms with Crippen LogP contribution in [0.15, 0.2) is 96.0 Å². The van der Waals surface area contributed by atoms with Gasteiger partial charge in [-0.1, -0.05) is 102 Å². The van der Waals surface area contributed by atoms with Gasteiger partial charge in [0.2, 0.25) is 5.13 Å². The number of hydrogen-bond acceptors (Lipinski definition) is 4. The summed E-state index contributed by atoms with van der Waals surface area (Å²) in [6.07, 6.45) is 1.71. The van der Waals surface area contributed by atoms with Crippen molar-refractivity contribution in [3.63, 3.8) is 0 Å². The first-order valence-corrected chi connectivity index (χ1v) is 10.9. The van der Waals surface area contributed by atoms with Gasteiger partial charge in [0.25, 0.3) is 0 Å². The van der Waals surface area contributed by atoms with Gasteiger partial charge in [0.1, 0.15) is 5.75 Å². The molecule has 1 heterocycles. The van der Waals surface area contributed by atoms with Crippen molar-refractivity contribution in [2.45, 2.75) is 6.92 Å². The number of phenolic OH excluding ortho intramolecular Hbond substituents is 1. The Morgan fingerprint density at radius 2 is 1.55 bits per heavy atom. The van der Waals surface area contributed by atoms with E-state index in [-0.39, 0.29) is 5.75 Å². The maximum Gasteiger partial charge on any atom is 0.210 e. The maximum atomic E-state index is 10.4. The Morgan fingerprint density at radius 3 is 2.35 bits per heavy atom. The summed E-state index contributed by atoms with van der Waals surface area (Å²) in [5, 5.41) is 13.1. The standard InChI is InChI=1S/C27H20N2OS/c1-18-11-13-20(14-12-18)25-26(21-8-3-2-4-9-21)31-27(29-25)28-17-23-22-10-6-5-7-19(22)15-16-24(23)30/h2-17,30H,1H3/b28-17+. The molecule has 1 aromatic heterocycles. The third-order valence-electron chi connectivity index (χ3n) is 5.23. The Bertz CT molecular complexity index is 1390. The zero-order chi connectivity index (χ0) is 21.2. The molecule has 0 saturated heterocycles. The molecule has 4 aromatic carbocycles.